The van der Waals surface area contributed by atoms with Gasteiger partial charge in [0.15, 0.2) is 0 Å². The summed E-state index contributed by atoms with van der Waals surface area (Å²) in [5.74, 6) is -0.296. The van der Waals surface area contributed by atoms with Crippen molar-refractivity contribution in [3.63, 3.8) is 0 Å². The Hall–Kier alpha value is -0.890. The van der Waals surface area contributed by atoms with Gasteiger partial charge in [0.1, 0.15) is 4.21 Å². The molecule has 0 aliphatic heterocycles. The first-order valence-corrected chi connectivity index (χ1v) is 10.2. The van der Waals surface area contributed by atoms with Gasteiger partial charge in [-0.2, -0.15) is 4.31 Å². The van der Waals surface area contributed by atoms with Crippen LogP contribution in [0.2, 0.25) is 4.34 Å². The fourth-order valence-corrected chi connectivity index (χ4v) is 5.25. The Bertz CT molecular complexity index is 683. The molecule has 8 heteroatoms. The lowest BCUT2D eigenvalue weighted by molar-refractivity contribution is -0.121. The number of rotatable bonds is 7. The Morgan fingerprint density at radius 1 is 1.39 bits per heavy atom. The monoisotopic (exact) mass is 376 g/mol. The van der Waals surface area contributed by atoms with Gasteiger partial charge in [0.25, 0.3) is 10.0 Å². The number of carbonyl (C=O) groups is 1. The SMILES string of the molecule is CN(CC(=O)NCCC1=CCCCC1)S(=O)(=O)c1ccc(Cl)s1. The van der Waals surface area contributed by atoms with E-state index in [1.165, 1.54) is 37.6 Å². The number of sulfonamides is 1. The highest BCUT2D eigenvalue weighted by Crippen LogP contribution is 2.27. The minimum absolute atomic E-state index is 0.144. The molecule has 1 amide bonds. The number of amides is 1. The van der Waals surface area contributed by atoms with Crippen LogP contribution in [0.15, 0.2) is 28.0 Å². The van der Waals surface area contributed by atoms with Crippen molar-refractivity contribution in [3.8, 4) is 0 Å². The fraction of sp³-hybridized carbons (Fsp3) is 0.533. The van der Waals surface area contributed by atoms with Crippen LogP contribution in [0.1, 0.15) is 32.1 Å². The zero-order chi connectivity index (χ0) is 16.9. The van der Waals surface area contributed by atoms with E-state index in [1.807, 2.05) is 0 Å². The number of hydrogen-bond donors (Lipinski definition) is 1. The van der Waals surface area contributed by atoms with Crippen molar-refractivity contribution in [1.82, 2.24) is 9.62 Å². The lowest BCUT2D eigenvalue weighted by atomic mass is 9.97. The number of likely N-dealkylation sites (N-methyl/N-ethyl adjacent to an activating group) is 1. The summed E-state index contributed by atoms with van der Waals surface area (Å²) in [4.78, 5) is 11.9. The molecule has 23 heavy (non-hydrogen) atoms. The number of nitrogens with zero attached hydrogens (tertiary/aromatic N) is 1. The van der Waals surface area contributed by atoms with E-state index >= 15 is 0 Å². The first kappa shape index (κ1) is 18.4. The summed E-state index contributed by atoms with van der Waals surface area (Å²) >= 11 is 6.75. The number of carbonyl (C=O) groups excluding carboxylic acids is 1. The Kier molecular flexibility index (Phi) is 6.64. The van der Waals surface area contributed by atoms with Crippen molar-refractivity contribution < 1.29 is 13.2 Å². The molecule has 0 unspecified atom stereocenters. The molecule has 0 spiro atoms. The van der Waals surface area contributed by atoms with E-state index in [1.54, 1.807) is 0 Å². The number of hydrogen-bond acceptors (Lipinski definition) is 4. The van der Waals surface area contributed by atoms with Gasteiger partial charge in [-0.25, -0.2) is 8.42 Å². The zero-order valence-electron chi connectivity index (χ0n) is 13.0. The molecule has 1 aromatic rings. The van der Waals surface area contributed by atoms with Crippen LogP contribution < -0.4 is 5.32 Å². The lowest BCUT2D eigenvalue weighted by Gasteiger charge is -2.16. The number of halogens is 1. The zero-order valence-corrected chi connectivity index (χ0v) is 15.4. The molecule has 128 valence electrons. The summed E-state index contributed by atoms with van der Waals surface area (Å²) in [5, 5.41) is 2.78. The number of nitrogens with one attached hydrogen (secondary N) is 1. The highest BCUT2D eigenvalue weighted by atomic mass is 35.5. The molecule has 1 aliphatic carbocycles. The average Bonchev–Trinajstić information content (AvgIpc) is 2.95. The van der Waals surface area contributed by atoms with Crippen LogP contribution in [0.25, 0.3) is 0 Å². The molecule has 1 aromatic heterocycles. The molecule has 0 aromatic carbocycles. The van der Waals surface area contributed by atoms with Crippen molar-refractivity contribution in [1.29, 1.82) is 0 Å². The third-order valence-corrected chi connectivity index (χ3v) is 7.23. The van der Waals surface area contributed by atoms with Crippen molar-refractivity contribution in [2.45, 2.75) is 36.3 Å². The average molecular weight is 377 g/mol. The smallest absolute Gasteiger partial charge is 0.252 e. The Morgan fingerprint density at radius 3 is 2.78 bits per heavy atom. The highest BCUT2D eigenvalue weighted by molar-refractivity contribution is 7.91. The molecule has 1 N–H and O–H groups in total. The highest BCUT2D eigenvalue weighted by Gasteiger charge is 2.24. The Labute approximate surface area is 146 Å². The van der Waals surface area contributed by atoms with E-state index < -0.39 is 10.0 Å². The van der Waals surface area contributed by atoms with E-state index in [9.17, 15) is 13.2 Å². The predicted molar refractivity (Wildman–Crippen MR) is 93.3 cm³/mol. The quantitative estimate of drug-likeness (QED) is 0.744. The van der Waals surface area contributed by atoms with E-state index in [4.69, 9.17) is 11.6 Å². The van der Waals surface area contributed by atoms with Crippen LogP contribution in [0, 0.1) is 0 Å². The van der Waals surface area contributed by atoms with Gasteiger partial charge in [0.05, 0.1) is 10.9 Å². The second-order valence-electron chi connectivity index (χ2n) is 5.53. The summed E-state index contributed by atoms with van der Waals surface area (Å²) in [5.41, 5.74) is 1.38. The van der Waals surface area contributed by atoms with E-state index in [0.29, 0.717) is 10.9 Å². The summed E-state index contributed by atoms with van der Waals surface area (Å²) in [7, 11) is -2.27. The molecule has 0 bridgehead atoms. The van der Waals surface area contributed by atoms with Crippen LogP contribution in [0.4, 0.5) is 0 Å². The van der Waals surface area contributed by atoms with Gasteiger partial charge >= 0.3 is 0 Å². The van der Waals surface area contributed by atoms with Gasteiger partial charge in [-0.1, -0.05) is 23.3 Å². The number of allylic oxidation sites excluding steroid dienone is 1. The third-order valence-electron chi connectivity index (χ3n) is 3.73. The minimum atomic E-state index is -3.66. The van der Waals surface area contributed by atoms with Gasteiger partial charge in [-0.05, 0) is 44.2 Å². The lowest BCUT2D eigenvalue weighted by Crippen LogP contribution is -2.38. The standard InChI is InChI=1S/C15H21ClN2O3S2/c1-18(23(20,21)15-8-7-13(16)22-15)11-14(19)17-10-9-12-5-3-2-4-6-12/h5,7-8H,2-4,6,9-11H2,1H3,(H,17,19). The van der Waals surface area contributed by atoms with Gasteiger partial charge in [0, 0.05) is 13.6 Å². The van der Waals surface area contributed by atoms with Crippen molar-refractivity contribution in [3.05, 3.63) is 28.1 Å². The fourth-order valence-electron chi connectivity index (χ4n) is 2.43. The molecular weight excluding hydrogens is 356 g/mol. The molecule has 0 atom stereocenters. The molecule has 1 aliphatic rings. The van der Waals surface area contributed by atoms with Gasteiger partial charge in [-0.3, -0.25) is 4.79 Å². The molecule has 2 rings (SSSR count). The number of thiophene rings is 1. The topological polar surface area (TPSA) is 66.5 Å². The first-order valence-electron chi connectivity index (χ1n) is 7.56. The van der Waals surface area contributed by atoms with Crippen LogP contribution in [-0.4, -0.2) is 38.8 Å². The Balaban J connectivity index is 1.81. The maximum atomic E-state index is 12.3. The van der Waals surface area contributed by atoms with Crippen molar-refractivity contribution in [2.75, 3.05) is 20.1 Å². The van der Waals surface area contributed by atoms with E-state index in [0.717, 1.165) is 34.9 Å². The van der Waals surface area contributed by atoms with Gasteiger partial charge in [0.2, 0.25) is 5.91 Å². The van der Waals surface area contributed by atoms with E-state index in [-0.39, 0.29) is 16.7 Å². The Morgan fingerprint density at radius 2 is 2.17 bits per heavy atom. The van der Waals surface area contributed by atoms with Crippen LogP contribution in [0.3, 0.4) is 0 Å². The van der Waals surface area contributed by atoms with Crippen molar-refractivity contribution >= 4 is 38.9 Å². The maximum absolute atomic E-state index is 12.3. The van der Waals surface area contributed by atoms with Gasteiger partial charge < -0.3 is 5.32 Å². The van der Waals surface area contributed by atoms with Crippen LogP contribution in [-0.2, 0) is 14.8 Å². The maximum Gasteiger partial charge on any atom is 0.252 e. The molecule has 0 fully saturated rings. The van der Waals surface area contributed by atoms with Gasteiger partial charge in [-0.15, -0.1) is 11.3 Å². The molecule has 0 saturated heterocycles. The molecule has 5 nitrogen and oxygen atoms in total. The summed E-state index contributed by atoms with van der Waals surface area (Å²) in [6.07, 6.45) is 7.75. The molecule has 0 radical (unpaired) electrons. The van der Waals surface area contributed by atoms with Crippen molar-refractivity contribution in [2.24, 2.45) is 0 Å². The largest absolute Gasteiger partial charge is 0.355 e. The summed E-state index contributed by atoms with van der Waals surface area (Å²) in [6, 6.07) is 2.98. The van der Waals surface area contributed by atoms with E-state index in [2.05, 4.69) is 11.4 Å². The van der Waals surface area contributed by atoms with Crippen LogP contribution in [0.5, 0.6) is 0 Å². The second kappa shape index (κ2) is 8.28. The summed E-state index contributed by atoms with van der Waals surface area (Å²) < 4.78 is 26.2. The second-order valence-corrected chi connectivity index (χ2v) is 9.51. The molecular formula is C15H21ClN2O3S2. The molecule has 1 heterocycles. The minimum Gasteiger partial charge on any atom is -0.355 e. The summed E-state index contributed by atoms with van der Waals surface area (Å²) in [6.45, 7) is 0.348. The normalized spacial score (nSPS) is 15.5. The first-order chi connectivity index (χ1) is 10.9. The third kappa shape index (κ3) is 5.31. The predicted octanol–water partition coefficient (Wildman–Crippen LogP) is 3.03. The van der Waals surface area contributed by atoms with Crippen LogP contribution >= 0.6 is 22.9 Å². The molecule has 0 saturated carbocycles.